The van der Waals surface area contributed by atoms with Crippen LogP contribution in [0.15, 0.2) is 10.7 Å². The summed E-state index contributed by atoms with van der Waals surface area (Å²) >= 11 is 3.65. The molecule has 1 saturated heterocycles. The average molecular weight is 345 g/mol. The maximum absolute atomic E-state index is 5.73. The van der Waals surface area contributed by atoms with E-state index in [-0.39, 0.29) is 12.1 Å². The van der Waals surface area contributed by atoms with Crippen LogP contribution in [0.1, 0.15) is 25.1 Å². The maximum Gasteiger partial charge on any atom is 0.0700 e. The van der Waals surface area contributed by atoms with Crippen molar-refractivity contribution in [3.8, 4) is 0 Å². The summed E-state index contributed by atoms with van der Waals surface area (Å²) in [4.78, 5) is 2.18. The molecule has 1 aromatic rings. The van der Waals surface area contributed by atoms with Crippen molar-refractivity contribution in [2.75, 3.05) is 34.3 Å². The van der Waals surface area contributed by atoms with Gasteiger partial charge in [-0.15, -0.1) is 0 Å². The molecule has 2 heterocycles. The second-order valence-electron chi connectivity index (χ2n) is 5.70. The highest BCUT2D eigenvalue weighted by Gasteiger charge is 2.34. The lowest BCUT2D eigenvalue weighted by atomic mass is 9.91. The van der Waals surface area contributed by atoms with Crippen molar-refractivity contribution in [1.82, 2.24) is 20.0 Å². The third kappa shape index (κ3) is 3.42. The van der Waals surface area contributed by atoms with Gasteiger partial charge in [-0.1, -0.05) is 0 Å². The first-order chi connectivity index (χ1) is 9.54. The fraction of sp³-hybridized carbons (Fsp3) is 0.786. The van der Waals surface area contributed by atoms with E-state index in [1.807, 2.05) is 13.2 Å². The molecule has 0 radical (unpaired) electrons. The van der Waals surface area contributed by atoms with E-state index in [9.17, 15) is 0 Å². The van der Waals surface area contributed by atoms with Gasteiger partial charge in [0, 0.05) is 19.1 Å². The van der Waals surface area contributed by atoms with Crippen molar-refractivity contribution in [3.63, 3.8) is 0 Å². The van der Waals surface area contributed by atoms with E-state index < -0.39 is 0 Å². The molecule has 6 heteroatoms. The third-order valence-corrected chi connectivity index (χ3v) is 4.67. The summed E-state index contributed by atoms with van der Waals surface area (Å²) in [5.74, 6) is 0.492. The van der Waals surface area contributed by atoms with Crippen LogP contribution in [-0.2, 0) is 11.3 Å². The minimum atomic E-state index is 0.270. The fourth-order valence-electron chi connectivity index (χ4n) is 2.89. The number of hydrogen-bond donors (Lipinski definition) is 1. The van der Waals surface area contributed by atoms with Gasteiger partial charge in [-0.2, -0.15) is 5.10 Å². The number of hydrogen-bond acceptors (Lipinski definition) is 4. The molecule has 1 aliphatic heterocycles. The van der Waals surface area contributed by atoms with E-state index in [4.69, 9.17) is 4.74 Å². The highest BCUT2D eigenvalue weighted by molar-refractivity contribution is 9.10. The zero-order valence-corrected chi connectivity index (χ0v) is 14.4. The van der Waals surface area contributed by atoms with E-state index in [2.05, 4.69) is 56.9 Å². The van der Waals surface area contributed by atoms with Crippen LogP contribution in [0, 0.1) is 5.92 Å². The van der Waals surface area contributed by atoms with E-state index in [0.29, 0.717) is 5.92 Å². The Labute approximate surface area is 129 Å². The van der Waals surface area contributed by atoms with Gasteiger partial charge in [0.15, 0.2) is 0 Å². The first-order valence-corrected chi connectivity index (χ1v) is 7.98. The summed E-state index contributed by atoms with van der Waals surface area (Å²) < 4.78 is 8.92. The predicted molar refractivity (Wildman–Crippen MR) is 83.8 cm³/mol. The van der Waals surface area contributed by atoms with Crippen LogP contribution in [0.4, 0.5) is 0 Å². The molecule has 0 bridgehead atoms. The monoisotopic (exact) mass is 344 g/mol. The second kappa shape index (κ2) is 7.02. The molecule has 0 aliphatic carbocycles. The summed E-state index contributed by atoms with van der Waals surface area (Å²) in [6.45, 7) is 4.90. The van der Waals surface area contributed by atoms with Gasteiger partial charge in [0.05, 0.1) is 35.1 Å². The first-order valence-electron chi connectivity index (χ1n) is 7.19. The van der Waals surface area contributed by atoms with Crippen LogP contribution in [0.3, 0.4) is 0 Å². The Morgan fingerprint density at radius 2 is 2.35 bits per heavy atom. The van der Waals surface area contributed by atoms with Crippen molar-refractivity contribution in [2.45, 2.75) is 32.0 Å². The molecule has 1 aromatic heterocycles. The molecule has 1 aliphatic rings. The van der Waals surface area contributed by atoms with Crippen LogP contribution in [0.2, 0.25) is 0 Å². The Hall–Kier alpha value is -0.430. The van der Waals surface area contributed by atoms with E-state index in [1.54, 1.807) is 0 Å². The number of halogens is 1. The van der Waals surface area contributed by atoms with Crippen molar-refractivity contribution < 1.29 is 4.74 Å². The maximum atomic E-state index is 5.73. The Balaban J connectivity index is 2.22. The molecule has 0 amide bonds. The Morgan fingerprint density at radius 3 is 2.90 bits per heavy atom. The molecule has 2 rings (SSSR count). The summed E-state index contributed by atoms with van der Waals surface area (Å²) in [7, 11) is 6.19. The third-order valence-electron chi connectivity index (χ3n) is 4.06. The molecule has 20 heavy (non-hydrogen) atoms. The Kier molecular flexibility index (Phi) is 5.60. The van der Waals surface area contributed by atoms with Gasteiger partial charge < -0.3 is 15.0 Å². The van der Waals surface area contributed by atoms with Gasteiger partial charge in [-0.25, -0.2) is 0 Å². The van der Waals surface area contributed by atoms with Crippen LogP contribution >= 0.6 is 15.9 Å². The van der Waals surface area contributed by atoms with Crippen molar-refractivity contribution in [1.29, 1.82) is 0 Å². The summed E-state index contributed by atoms with van der Waals surface area (Å²) in [5.41, 5.74) is 1.23. The molecular formula is C14H25BrN4O. The van der Waals surface area contributed by atoms with Crippen LogP contribution in [0.5, 0.6) is 0 Å². The van der Waals surface area contributed by atoms with Crippen molar-refractivity contribution >= 4 is 15.9 Å². The SMILES string of the molecule is CNC(c1c(Br)cnn1CCN(C)C)C1CCOC1C. The van der Waals surface area contributed by atoms with Crippen LogP contribution in [0.25, 0.3) is 0 Å². The number of rotatable bonds is 6. The van der Waals surface area contributed by atoms with Gasteiger partial charge >= 0.3 is 0 Å². The van der Waals surface area contributed by atoms with Gasteiger partial charge in [-0.3, -0.25) is 4.68 Å². The number of likely N-dealkylation sites (N-methyl/N-ethyl adjacent to an activating group) is 1. The molecule has 0 saturated carbocycles. The lowest BCUT2D eigenvalue weighted by Gasteiger charge is -2.27. The van der Waals surface area contributed by atoms with Crippen LogP contribution in [-0.4, -0.2) is 55.1 Å². The van der Waals surface area contributed by atoms with Gasteiger partial charge in [-0.05, 0) is 50.4 Å². The average Bonchev–Trinajstić information content (AvgIpc) is 2.97. The molecule has 1 N–H and O–H groups in total. The van der Waals surface area contributed by atoms with Gasteiger partial charge in [0.25, 0.3) is 0 Å². The number of ether oxygens (including phenoxy) is 1. The zero-order valence-electron chi connectivity index (χ0n) is 12.8. The van der Waals surface area contributed by atoms with E-state index in [0.717, 1.165) is 30.6 Å². The Morgan fingerprint density at radius 1 is 1.60 bits per heavy atom. The van der Waals surface area contributed by atoms with Crippen molar-refractivity contribution in [2.24, 2.45) is 5.92 Å². The summed E-state index contributed by atoms with van der Waals surface area (Å²) in [6, 6.07) is 0.270. The molecular weight excluding hydrogens is 320 g/mol. The normalized spacial score (nSPS) is 24.5. The first kappa shape index (κ1) is 15.9. The van der Waals surface area contributed by atoms with E-state index in [1.165, 1.54) is 5.69 Å². The second-order valence-corrected chi connectivity index (χ2v) is 6.55. The largest absolute Gasteiger partial charge is 0.378 e. The Bertz CT molecular complexity index is 435. The highest BCUT2D eigenvalue weighted by Crippen LogP contribution is 2.36. The van der Waals surface area contributed by atoms with Crippen molar-refractivity contribution in [3.05, 3.63) is 16.4 Å². The molecule has 114 valence electrons. The highest BCUT2D eigenvalue weighted by atomic mass is 79.9. The molecule has 0 spiro atoms. The molecule has 5 nitrogen and oxygen atoms in total. The predicted octanol–water partition coefficient (Wildman–Crippen LogP) is 1.89. The van der Waals surface area contributed by atoms with Crippen LogP contribution < -0.4 is 5.32 Å². The topological polar surface area (TPSA) is 42.3 Å². The zero-order chi connectivity index (χ0) is 14.7. The molecule has 3 unspecified atom stereocenters. The minimum absolute atomic E-state index is 0.270. The van der Waals surface area contributed by atoms with E-state index >= 15 is 0 Å². The van der Waals surface area contributed by atoms with Gasteiger partial charge in [0.1, 0.15) is 0 Å². The number of nitrogens with zero attached hydrogens (tertiary/aromatic N) is 3. The number of nitrogens with one attached hydrogen (secondary N) is 1. The lowest BCUT2D eigenvalue weighted by molar-refractivity contribution is 0.0951. The van der Waals surface area contributed by atoms with Gasteiger partial charge in [0.2, 0.25) is 0 Å². The summed E-state index contributed by atoms with van der Waals surface area (Å²) in [5, 5.41) is 7.98. The molecule has 0 aromatic carbocycles. The quantitative estimate of drug-likeness (QED) is 0.855. The number of aromatic nitrogens is 2. The lowest BCUT2D eigenvalue weighted by Crippen LogP contribution is -2.32. The smallest absolute Gasteiger partial charge is 0.0700 e. The standard InChI is InChI=1S/C14H25BrN4O/c1-10-11(5-8-20-10)13(16-2)14-12(15)9-17-19(14)7-6-18(3)4/h9-11,13,16H,5-8H2,1-4H3. The minimum Gasteiger partial charge on any atom is -0.378 e. The fourth-order valence-corrected chi connectivity index (χ4v) is 3.44. The summed E-state index contributed by atoms with van der Waals surface area (Å²) in [6.07, 6.45) is 3.28. The molecule has 3 atom stereocenters. The molecule has 1 fully saturated rings.